The van der Waals surface area contributed by atoms with Crippen LogP contribution >= 0.6 is 11.6 Å². The van der Waals surface area contributed by atoms with E-state index in [2.05, 4.69) is 19.2 Å². The molecule has 0 bridgehead atoms. The highest BCUT2D eigenvalue weighted by Crippen LogP contribution is 2.27. The van der Waals surface area contributed by atoms with Gasteiger partial charge >= 0.3 is 0 Å². The summed E-state index contributed by atoms with van der Waals surface area (Å²) in [4.78, 5) is 12.1. The number of ether oxygens (including phenoxy) is 2. The first-order valence-corrected chi connectivity index (χ1v) is 8.27. The van der Waals surface area contributed by atoms with E-state index in [0.717, 1.165) is 6.42 Å². The van der Waals surface area contributed by atoms with Gasteiger partial charge in [-0.25, -0.2) is 0 Å². The molecule has 24 heavy (non-hydrogen) atoms. The number of carbonyl (C=O) groups is 1. The van der Waals surface area contributed by atoms with Gasteiger partial charge in [-0.1, -0.05) is 37.6 Å². The number of hydrogen-bond acceptors (Lipinski definition) is 3. The van der Waals surface area contributed by atoms with Crippen molar-refractivity contribution < 1.29 is 14.3 Å². The Labute approximate surface area is 147 Å². The zero-order chi connectivity index (χ0) is 17.5. The first-order valence-electron chi connectivity index (χ1n) is 7.89. The fourth-order valence-corrected chi connectivity index (χ4v) is 2.41. The zero-order valence-corrected chi connectivity index (χ0v) is 14.9. The highest BCUT2D eigenvalue weighted by atomic mass is 35.5. The van der Waals surface area contributed by atoms with E-state index in [9.17, 15) is 4.79 Å². The standard InChI is InChI=1S/C19H22ClNO3/c1-4-13(2)14-5-8-16(9-6-14)24-12-19(22)21-17-11-15(20)7-10-18(17)23-3/h5-11,13H,4,12H2,1-3H3,(H,21,22)/t13-/m1/s1. The van der Waals surface area contributed by atoms with Gasteiger partial charge in [-0.2, -0.15) is 0 Å². The van der Waals surface area contributed by atoms with Crippen LogP contribution in [0.25, 0.3) is 0 Å². The molecule has 0 unspecified atom stereocenters. The molecule has 2 aromatic rings. The third kappa shape index (κ3) is 4.90. The number of carbonyl (C=O) groups excluding carboxylic acids is 1. The fraction of sp³-hybridized carbons (Fsp3) is 0.316. The van der Waals surface area contributed by atoms with E-state index in [4.69, 9.17) is 21.1 Å². The highest BCUT2D eigenvalue weighted by Gasteiger charge is 2.09. The van der Waals surface area contributed by atoms with Gasteiger partial charge in [-0.3, -0.25) is 4.79 Å². The molecule has 5 heteroatoms. The smallest absolute Gasteiger partial charge is 0.262 e. The van der Waals surface area contributed by atoms with E-state index in [1.807, 2.05) is 24.3 Å². The normalized spacial score (nSPS) is 11.7. The lowest BCUT2D eigenvalue weighted by Gasteiger charge is -2.12. The quantitative estimate of drug-likeness (QED) is 0.776. The van der Waals surface area contributed by atoms with E-state index in [-0.39, 0.29) is 12.5 Å². The van der Waals surface area contributed by atoms with Crippen molar-refractivity contribution in [1.29, 1.82) is 0 Å². The fourth-order valence-electron chi connectivity index (χ4n) is 2.24. The predicted molar refractivity (Wildman–Crippen MR) is 97.3 cm³/mol. The molecular formula is C19H22ClNO3. The number of benzene rings is 2. The maximum Gasteiger partial charge on any atom is 0.262 e. The summed E-state index contributed by atoms with van der Waals surface area (Å²) in [6, 6.07) is 12.9. The Morgan fingerprint density at radius 1 is 1.21 bits per heavy atom. The molecule has 2 rings (SSSR count). The molecule has 0 fully saturated rings. The van der Waals surface area contributed by atoms with Crippen molar-refractivity contribution in [3.05, 3.63) is 53.1 Å². The lowest BCUT2D eigenvalue weighted by atomic mass is 9.99. The van der Waals surface area contributed by atoms with Gasteiger partial charge in [0, 0.05) is 5.02 Å². The first-order chi connectivity index (χ1) is 11.5. The minimum Gasteiger partial charge on any atom is -0.495 e. The average Bonchev–Trinajstić information content (AvgIpc) is 2.60. The number of hydrogen-bond donors (Lipinski definition) is 1. The predicted octanol–water partition coefficient (Wildman–Crippen LogP) is 4.88. The van der Waals surface area contributed by atoms with Crippen molar-refractivity contribution in [2.24, 2.45) is 0 Å². The van der Waals surface area contributed by atoms with Crippen molar-refractivity contribution in [1.82, 2.24) is 0 Å². The van der Waals surface area contributed by atoms with Gasteiger partial charge in [0.2, 0.25) is 0 Å². The van der Waals surface area contributed by atoms with Crippen LogP contribution in [0.2, 0.25) is 5.02 Å². The van der Waals surface area contributed by atoms with E-state index >= 15 is 0 Å². The molecule has 1 amide bonds. The van der Waals surface area contributed by atoms with Crippen molar-refractivity contribution >= 4 is 23.2 Å². The van der Waals surface area contributed by atoms with Crippen molar-refractivity contribution in [2.45, 2.75) is 26.2 Å². The third-order valence-electron chi connectivity index (χ3n) is 3.87. The number of amides is 1. The Bertz CT molecular complexity index is 686. The number of methoxy groups -OCH3 is 1. The molecule has 1 N–H and O–H groups in total. The lowest BCUT2D eigenvalue weighted by molar-refractivity contribution is -0.118. The zero-order valence-electron chi connectivity index (χ0n) is 14.1. The molecule has 0 aliphatic carbocycles. The molecule has 128 valence electrons. The largest absolute Gasteiger partial charge is 0.495 e. The lowest BCUT2D eigenvalue weighted by Crippen LogP contribution is -2.20. The Hall–Kier alpha value is -2.20. The second-order valence-corrected chi connectivity index (χ2v) is 6.00. The summed E-state index contributed by atoms with van der Waals surface area (Å²) >= 11 is 5.94. The van der Waals surface area contributed by atoms with Gasteiger partial charge < -0.3 is 14.8 Å². The molecule has 0 spiro atoms. The average molecular weight is 348 g/mol. The summed E-state index contributed by atoms with van der Waals surface area (Å²) in [6.45, 7) is 4.25. The van der Waals surface area contributed by atoms with Crippen LogP contribution in [0.4, 0.5) is 5.69 Å². The molecule has 0 radical (unpaired) electrons. The van der Waals surface area contributed by atoms with Gasteiger partial charge in [-0.05, 0) is 48.2 Å². The summed E-state index contributed by atoms with van der Waals surface area (Å²) in [5.74, 6) is 1.44. The summed E-state index contributed by atoms with van der Waals surface area (Å²) < 4.78 is 10.7. The molecular weight excluding hydrogens is 326 g/mol. The monoisotopic (exact) mass is 347 g/mol. The third-order valence-corrected chi connectivity index (χ3v) is 4.10. The van der Waals surface area contributed by atoms with Gasteiger partial charge in [0.1, 0.15) is 11.5 Å². The summed E-state index contributed by atoms with van der Waals surface area (Å²) in [5, 5.41) is 3.26. The van der Waals surface area contributed by atoms with Crippen molar-refractivity contribution in [2.75, 3.05) is 19.0 Å². The van der Waals surface area contributed by atoms with Crippen LogP contribution in [0.5, 0.6) is 11.5 Å². The maximum absolute atomic E-state index is 12.1. The number of rotatable bonds is 7. The number of halogens is 1. The molecule has 0 heterocycles. The summed E-state index contributed by atoms with van der Waals surface area (Å²) in [6.07, 6.45) is 1.09. The van der Waals surface area contributed by atoms with Gasteiger partial charge in [-0.15, -0.1) is 0 Å². The van der Waals surface area contributed by atoms with E-state index in [1.165, 1.54) is 12.7 Å². The van der Waals surface area contributed by atoms with Gasteiger partial charge in [0.25, 0.3) is 5.91 Å². The van der Waals surface area contributed by atoms with Crippen LogP contribution in [-0.4, -0.2) is 19.6 Å². The maximum atomic E-state index is 12.1. The molecule has 0 aliphatic heterocycles. The highest BCUT2D eigenvalue weighted by molar-refractivity contribution is 6.31. The molecule has 2 aromatic carbocycles. The number of nitrogens with one attached hydrogen (secondary N) is 1. The topological polar surface area (TPSA) is 47.6 Å². The Balaban J connectivity index is 1.93. The second-order valence-electron chi connectivity index (χ2n) is 5.56. The Kier molecular flexibility index (Phi) is 6.50. The minimum atomic E-state index is -0.276. The molecule has 4 nitrogen and oxygen atoms in total. The van der Waals surface area contributed by atoms with Crippen LogP contribution in [0.3, 0.4) is 0 Å². The van der Waals surface area contributed by atoms with Crippen LogP contribution < -0.4 is 14.8 Å². The van der Waals surface area contributed by atoms with Gasteiger partial charge in [0.05, 0.1) is 12.8 Å². The van der Waals surface area contributed by atoms with Crippen molar-refractivity contribution in [3.63, 3.8) is 0 Å². The Morgan fingerprint density at radius 3 is 2.54 bits per heavy atom. The molecule has 1 atom stereocenters. The minimum absolute atomic E-state index is 0.0850. The number of anilines is 1. The van der Waals surface area contributed by atoms with E-state index in [0.29, 0.717) is 28.1 Å². The van der Waals surface area contributed by atoms with Gasteiger partial charge in [0.15, 0.2) is 6.61 Å². The first kappa shape index (κ1) is 18.1. The SMILES string of the molecule is CC[C@@H](C)c1ccc(OCC(=O)Nc2cc(Cl)ccc2OC)cc1. The molecule has 0 aliphatic rings. The second kappa shape index (κ2) is 8.60. The van der Waals surface area contributed by atoms with E-state index in [1.54, 1.807) is 18.2 Å². The van der Waals surface area contributed by atoms with Crippen molar-refractivity contribution in [3.8, 4) is 11.5 Å². The molecule has 0 saturated heterocycles. The Morgan fingerprint density at radius 2 is 1.92 bits per heavy atom. The molecule has 0 aromatic heterocycles. The van der Waals surface area contributed by atoms with E-state index < -0.39 is 0 Å². The van der Waals surface area contributed by atoms with Crippen LogP contribution in [0.1, 0.15) is 31.7 Å². The van der Waals surface area contributed by atoms with Crippen LogP contribution in [0, 0.1) is 0 Å². The van der Waals surface area contributed by atoms with Crippen LogP contribution in [0.15, 0.2) is 42.5 Å². The summed E-state index contributed by atoms with van der Waals surface area (Å²) in [7, 11) is 1.54. The molecule has 0 saturated carbocycles. The van der Waals surface area contributed by atoms with Crippen LogP contribution in [-0.2, 0) is 4.79 Å². The summed E-state index contributed by atoms with van der Waals surface area (Å²) in [5.41, 5.74) is 1.78.